The molecular weight excluding hydrogens is 306 g/mol. The van der Waals surface area contributed by atoms with Gasteiger partial charge in [-0.15, -0.1) is 0 Å². The van der Waals surface area contributed by atoms with E-state index < -0.39 is 15.9 Å². The molecule has 1 aliphatic rings. The Morgan fingerprint density at radius 1 is 1.50 bits per heavy atom. The topological polar surface area (TPSA) is 88.6 Å². The average molecular weight is 327 g/mol. The summed E-state index contributed by atoms with van der Waals surface area (Å²) in [5.41, 5.74) is 0.703. The van der Waals surface area contributed by atoms with E-state index in [-0.39, 0.29) is 23.5 Å². The number of likely N-dealkylation sites (N-methyl/N-ethyl adjacent to an activating group) is 1. The monoisotopic (exact) mass is 327 g/mol. The van der Waals surface area contributed by atoms with Gasteiger partial charge in [-0.1, -0.05) is 0 Å². The first-order chi connectivity index (χ1) is 10.3. The zero-order valence-electron chi connectivity index (χ0n) is 12.9. The zero-order valence-corrected chi connectivity index (χ0v) is 13.8. The van der Waals surface area contributed by atoms with Gasteiger partial charge in [-0.2, -0.15) is 0 Å². The van der Waals surface area contributed by atoms with Gasteiger partial charge in [0.2, 0.25) is 11.8 Å². The van der Waals surface area contributed by atoms with Gasteiger partial charge in [-0.3, -0.25) is 4.79 Å². The van der Waals surface area contributed by atoms with Gasteiger partial charge < -0.3 is 15.0 Å². The third kappa shape index (κ3) is 3.88. The molecule has 0 aromatic carbocycles. The summed E-state index contributed by atoms with van der Waals surface area (Å²) in [6.45, 7) is 1.74. The van der Waals surface area contributed by atoms with Crippen LogP contribution in [0.2, 0.25) is 0 Å². The van der Waals surface area contributed by atoms with Crippen LogP contribution >= 0.6 is 0 Å². The van der Waals surface area contributed by atoms with Crippen LogP contribution in [-0.4, -0.2) is 62.0 Å². The van der Waals surface area contributed by atoms with E-state index in [2.05, 4.69) is 10.3 Å². The van der Waals surface area contributed by atoms with Crippen molar-refractivity contribution in [3.63, 3.8) is 0 Å². The Bertz CT molecular complexity index is 630. The fourth-order valence-electron chi connectivity index (χ4n) is 2.46. The van der Waals surface area contributed by atoms with Gasteiger partial charge in [0, 0.05) is 19.2 Å². The average Bonchev–Trinajstić information content (AvgIpc) is 2.86. The molecule has 1 aromatic rings. The molecule has 1 N–H and O–H groups in total. The van der Waals surface area contributed by atoms with Gasteiger partial charge in [0.15, 0.2) is 9.84 Å². The predicted molar refractivity (Wildman–Crippen MR) is 83.7 cm³/mol. The Kier molecular flexibility index (Phi) is 4.90. The van der Waals surface area contributed by atoms with Crippen molar-refractivity contribution in [1.29, 1.82) is 0 Å². The molecule has 2 atom stereocenters. The second-order valence-corrected chi connectivity index (χ2v) is 7.69. The molecule has 8 heteroatoms. The molecule has 1 saturated heterocycles. The van der Waals surface area contributed by atoms with Crippen molar-refractivity contribution in [2.75, 3.05) is 31.0 Å². The van der Waals surface area contributed by atoms with Crippen molar-refractivity contribution >= 4 is 21.4 Å². The van der Waals surface area contributed by atoms with E-state index in [0.29, 0.717) is 18.0 Å². The minimum atomic E-state index is -3.00. The van der Waals surface area contributed by atoms with E-state index in [9.17, 15) is 13.2 Å². The number of nitrogens with one attached hydrogen (secondary N) is 1. The molecule has 1 amide bonds. The molecule has 0 spiro atoms. The van der Waals surface area contributed by atoms with E-state index in [1.54, 1.807) is 32.3 Å². The van der Waals surface area contributed by atoms with Crippen molar-refractivity contribution in [2.45, 2.75) is 25.4 Å². The summed E-state index contributed by atoms with van der Waals surface area (Å²) < 4.78 is 28.0. The Labute approximate surface area is 130 Å². The maximum atomic E-state index is 12.4. The Balaban J connectivity index is 1.96. The number of sulfone groups is 1. The molecule has 2 heterocycles. The minimum Gasteiger partial charge on any atom is -0.481 e. The number of methoxy groups -OCH3 is 1. The van der Waals surface area contributed by atoms with Crippen LogP contribution in [0.15, 0.2) is 18.3 Å². The smallest absolute Gasteiger partial charge is 0.244 e. The van der Waals surface area contributed by atoms with Crippen LogP contribution in [0.1, 0.15) is 13.3 Å². The van der Waals surface area contributed by atoms with Crippen LogP contribution in [-0.2, 0) is 14.6 Å². The molecule has 7 nitrogen and oxygen atoms in total. The summed E-state index contributed by atoms with van der Waals surface area (Å²) in [6, 6.07) is 2.77. The van der Waals surface area contributed by atoms with Crippen LogP contribution in [0.3, 0.4) is 0 Å². The van der Waals surface area contributed by atoms with E-state index >= 15 is 0 Å². The number of rotatable bonds is 5. The van der Waals surface area contributed by atoms with Crippen LogP contribution in [0.5, 0.6) is 5.88 Å². The highest BCUT2D eigenvalue weighted by Crippen LogP contribution is 2.18. The predicted octanol–water partition coefficient (Wildman–Crippen LogP) is 0.536. The van der Waals surface area contributed by atoms with Crippen LogP contribution < -0.4 is 10.1 Å². The van der Waals surface area contributed by atoms with Crippen molar-refractivity contribution < 1.29 is 17.9 Å². The summed E-state index contributed by atoms with van der Waals surface area (Å²) in [5.74, 6) is 0.557. The van der Waals surface area contributed by atoms with E-state index in [1.165, 1.54) is 12.0 Å². The van der Waals surface area contributed by atoms with Crippen LogP contribution in [0.25, 0.3) is 0 Å². The zero-order chi connectivity index (χ0) is 16.3. The molecule has 1 aromatic heterocycles. The van der Waals surface area contributed by atoms with Crippen molar-refractivity contribution in [3.05, 3.63) is 18.3 Å². The quantitative estimate of drug-likeness (QED) is 0.849. The molecule has 0 unspecified atom stereocenters. The Morgan fingerprint density at radius 2 is 2.23 bits per heavy atom. The number of carbonyl (C=O) groups excluding carboxylic acids is 1. The number of carbonyl (C=O) groups is 1. The number of hydrogen-bond acceptors (Lipinski definition) is 6. The third-order valence-electron chi connectivity index (χ3n) is 3.80. The fourth-order valence-corrected chi connectivity index (χ4v) is 4.24. The van der Waals surface area contributed by atoms with Gasteiger partial charge in [-0.05, 0) is 19.4 Å². The second kappa shape index (κ2) is 6.51. The highest BCUT2D eigenvalue weighted by atomic mass is 32.2. The van der Waals surface area contributed by atoms with Crippen molar-refractivity contribution in [2.24, 2.45) is 0 Å². The first-order valence-corrected chi connectivity index (χ1v) is 8.88. The van der Waals surface area contributed by atoms with Gasteiger partial charge in [-0.25, -0.2) is 13.4 Å². The molecule has 0 aliphatic carbocycles. The first-order valence-electron chi connectivity index (χ1n) is 7.06. The third-order valence-corrected chi connectivity index (χ3v) is 5.55. The van der Waals surface area contributed by atoms with E-state index in [0.717, 1.165) is 0 Å². The van der Waals surface area contributed by atoms with Crippen LogP contribution in [0, 0.1) is 0 Å². The number of aromatic nitrogens is 1. The summed E-state index contributed by atoms with van der Waals surface area (Å²) in [4.78, 5) is 18.0. The van der Waals surface area contributed by atoms with E-state index in [4.69, 9.17) is 4.74 Å². The lowest BCUT2D eigenvalue weighted by molar-refractivity contribution is -0.132. The summed E-state index contributed by atoms with van der Waals surface area (Å²) >= 11 is 0. The molecule has 0 radical (unpaired) electrons. The molecule has 0 bridgehead atoms. The molecule has 0 saturated carbocycles. The summed E-state index contributed by atoms with van der Waals surface area (Å²) in [7, 11) is 0.181. The first kappa shape index (κ1) is 16.5. The van der Waals surface area contributed by atoms with Crippen LogP contribution in [0.4, 0.5) is 5.69 Å². The van der Waals surface area contributed by atoms with Gasteiger partial charge in [0.05, 0.1) is 30.5 Å². The van der Waals surface area contributed by atoms with Gasteiger partial charge in [0.1, 0.15) is 6.04 Å². The molecule has 1 aliphatic heterocycles. The molecule has 1 fully saturated rings. The fraction of sp³-hybridized carbons (Fsp3) is 0.571. The largest absolute Gasteiger partial charge is 0.481 e. The second-order valence-electron chi connectivity index (χ2n) is 5.46. The van der Waals surface area contributed by atoms with Crippen molar-refractivity contribution in [1.82, 2.24) is 9.88 Å². The lowest BCUT2D eigenvalue weighted by Crippen LogP contribution is -2.45. The highest BCUT2D eigenvalue weighted by molar-refractivity contribution is 7.91. The highest BCUT2D eigenvalue weighted by Gasteiger charge is 2.34. The standard InChI is InChI=1S/C14H21N3O4S/c1-10(16-11-4-5-13(21-3)15-8-11)14(18)17(2)12-6-7-22(19,20)9-12/h4-5,8,10,12,16H,6-7,9H2,1-3H3/t10-,12+/m1/s1. The number of ether oxygens (including phenoxy) is 1. The molecule has 22 heavy (non-hydrogen) atoms. The van der Waals surface area contributed by atoms with Crippen molar-refractivity contribution in [3.8, 4) is 5.88 Å². The molecule has 122 valence electrons. The lowest BCUT2D eigenvalue weighted by Gasteiger charge is -2.27. The SMILES string of the molecule is COc1ccc(N[C@H](C)C(=O)N(C)[C@H]2CCS(=O)(=O)C2)cn1. The van der Waals surface area contributed by atoms with E-state index in [1.807, 2.05) is 0 Å². The number of hydrogen-bond donors (Lipinski definition) is 1. The maximum absolute atomic E-state index is 12.4. The Hall–Kier alpha value is -1.83. The summed E-state index contributed by atoms with van der Waals surface area (Å²) in [6.07, 6.45) is 2.09. The lowest BCUT2D eigenvalue weighted by atomic mass is 10.2. The number of nitrogens with zero attached hydrogens (tertiary/aromatic N) is 2. The normalized spacial score (nSPS) is 21.1. The minimum absolute atomic E-state index is 0.0477. The van der Waals surface area contributed by atoms with Gasteiger partial charge in [0.25, 0.3) is 0 Å². The number of anilines is 1. The van der Waals surface area contributed by atoms with Gasteiger partial charge >= 0.3 is 0 Å². The maximum Gasteiger partial charge on any atom is 0.244 e. The molecule has 2 rings (SSSR count). The number of pyridine rings is 1. The summed E-state index contributed by atoms with van der Waals surface area (Å²) in [5, 5.41) is 3.06. The Morgan fingerprint density at radius 3 is 2.73 bits per heavy atom. The number of amides is 1. The molecular formula is C14H21N3O4S.